The van der Waals surface area contributed by atoms with E-state index in [0.717, 1.165) is 44.9 Å². The van der Waals surface area contributed by atoms with E-state index in [0.29, 0.717) is 31.5 Å². The Morgan fingerprint density at radius 3 is 1.59 bits per heavy atom. The maximum Gasteiger partial charge on any atom is 0.198 e. The van der Waals surface area contributed by atoms with E-state index in [-0.39, 0.29) is 17.3 Å². The first-order chi connectivity index (χ1) is 15.5. The number of carbonyl (C=O) groups is 4. The number of ketones is 4. The lowest BCUT2D eigenvalue weighted by atomic mass is 10.0. The van der Waals surface area contributed by atoms with Crippen LogP contribution in [0.15, 0.2) is 12.2 Å². The number of hydrogen-bond donors (Lipinski definition) is 0. The molecule has 0 unspecified atom stereocenters. The van der Waals surface area contributed by atoms with Gasteiger partial charge in [-0.15, -0.1) is 0 Å². The van der Waals surface area contributed by atoms with Crippen molar-refractivity contribution in [1.82, 2.24) is 0 Å². The van der Waals surface area contributed by atoms with Gasteiger partial charge in [0.15, 0.2) is 17.3 Å². The van der Waals surface area contributed by atoms with E-state index in [1.54, 1.807) is 6.08 Å². The summed E-state index contributed by atoms with van der Waals surface area (Å²) in [6.45, 7) is 3.55. The topological polar surface area (TPSA) is 68.3 Å². The minimum absolute atomic E-state index is 0.126. The van der Waals surface area contributed by atoms with E-state index in [1.165, 1.54) is 64.7 Å². The van der Waals surface area contributed by atoms with Gasteiger partial charge in [0.2, 0.25) is 0 Å². The van der Waals surface area contributed by atoms with Crippen molar-refractivity contribution < 1.29 is 19.2 Å². The predicted octanol–water partition coefficient (Wildman–Crippen LogP) is 7.66. The zero-order valence-electron chi connectivity index (χ0n) is 20.9. The van der Waals surface area contributed by atoms with Crippen molar-refractivity contribution in [3.8, 4) is 0 Å². The second-order valence-corrected chi connectivity index (χ2v) is 9.13. The summed E-state index contributed by atoms with van der Waals surface area (Å²) in [4.78, 5) is 45.8. The van der Waals surface area contributed by atoms with E-state index < -0.39 is 0 Å². The minimum Gasteiger partial charge on any atom is -0.300 e. The molecule has 0 aromatic carbocycles. The van der Waals surface area contributed by atoms with Gasteiger partial charge in [-0.2, -0.15) is 0 Å². The minimum atomic E-state index is -0.378. The molecule has 0 aromatic heterocycles. The fourth-order valence-electron chi connectivity index (χ4n) is 3.75. The fraction of sp³-hybridized carbons (Fsp3) is 0.786. The molecule has 0 saturated carbocycles. The van der Waals surface area contributed by atoms with Gasteiger partial charge in [-0.1, -0.05) is 77.2 Å². The summed E-state index contributed by atoms with van der Waals surface area (Å²) in [5, 5.41) is 0. The Morgan fingerprint density at radius 2 is 1.03 bits per heavy atom. The molecule has 0 radical (unpaired) electrons. The molecule has 0 aliphatic rings. The molecule has 0 aromatic rings. The third-order valence-corrected chi connectivity index (χ3v) is 5.91. The highest BCUT2D eigenvalue weighted by Crippen LogP contribution is 2.13. The Hall–Kier alpha value is -1.58. The van der Waals surface area contributed by atoms with Gasteiger partial charge in [0.25, 0.3) is 0 Å². The van der Waals surface area contributed by atoms with Crippen LogP contribution in [-0.4, -0.2) is 23.1 Å². The van der Waals surface area contributed by atoms with Crippen molar-refractivity contribution in [3.05, 3.63) is 12.2 Å². The highest BCUT2D eigenvalue weighted by Gasteiger charge is 2.06. The molecule has 0 fully saturated rings. The molecule has 0 spiro atoms. The van der Waals surface area contributed by atoms with Crippen LogP contribution in [0.4, 0.5) is 0 Å². The molecular formula is C28H48O4. The number of Topliss-reactive ketones (excluding diaryl/α,β-unsaturated/α-hetero) is 3. The number of carbonyl (C=O) groups excluding carboxylic acids is 4. The van der Waals surface area contributed by atoms with Crippen LogP contribution in [0.3, 0.4) is 0 Å². The Bertz CT molecular complexity index is 548. The monoisotopic (exact) mass is 448 g/mol. The molecule has 0 N–H and O–H groups in total. The Kier molecular flexibility index (Phi) is 21.5. The lowest BCUT2D eigenvalue weighted by molar-refractivity contribution is -0.135. The lowest BCUT2D eigenvalue weighted by Crippen LogP contribution is -2.08. The largest absolute Gasteiger partial charge is 0.300 e. The summed E-state index contributed by atoms with van der Waals surface area (Å²) in [6.07, 6.45) is 23.5. The molecular weight excluding hydrogens is 400 g/mol. The smallest absolute Gasteiger partial charge is 0.198 e. The Balaban J connectivity index is 3.44. The number of unbranched alkanes of at least 4 members (excludes halogenated alkanes) is 13. The average molecular weight is 449 g/mol. The Morgan fingerprint density at radius 1 is 0.562 bits per heavy atom. The first kappa shape index (κ1) is 30.4. The van der Waals surface area contributed by atoms with E-state index in [4.69, 9.17) is 0 Å². The van der Waals surface area contributed by atoms with Crippen LogP contribution in [0, 0.1) is 0 Å². The zero-order chi connectivity index (χ0) is 23.9. The summed E-state index contributed by atoms with van der Waals surface area (Å²) in [5.41, 5.74) is 0. The molecule has 32 heavy (non-hydrogen) atoms. The van der Waals surface area contributed by atoms with Gasteiger partial charge in [0, 0.05) is 32.6 Å². The molecule has 4 heteroatoms. The van der Waals surface area contributed by atoms with E-state index >= 15 is 0 Å². The standard InChI is InChI=1S/C28H48O4/c1-3-4-5-6-7-8-9-10-11-15-20-26(30)22-17-14-18-23-27(31)21-16-12-13-19-24-28(32)25(2)29/h16,21H,3-15,17-20,22-24H2,1-2H3/b21-16+. The van der Waals surface area contributed by atoms with Crippen molar-refractivity contribution in [2.24, 2.45) is 0 Å². The second-order valence-electron chi connectivity index (χ2n) is 9.13. The molecule has 0 aliphatic carbocycles. The van der Waals surface area contributed by atoms with Crippen LogP contribution in [-0.2, 0) is 19.2 Å². The Labute approximate surface area is 197 Å². The quantitative estimate of drug-likeness (QED) is 0.0863. The number of rotatable bonds is 24. The molecule has 0 rings (SSSR count). The maximum atomic E-state index is 12.0. The summed E-state index contributed by atoms with van der Waals surface area (Å²) in [5.74, 6) is -0.191. The normalized spacial score (nSPS) is 11.2. The van der Waals surface area contributed by atoms with E-state index in [9.17, 15) is 19.2 Å². The molecule has 0 amide bonds. The molecule has 0 bridgehead atoms. The molecule has 0 saturated heterocycles. The zero-order valence-corrected chi connectivity index (χ0v) is 20.9. The van der Waals surface area contributed by atoms with Gasteiger partial charge in [0.1, 0.15) is 5.78 Å². The van der Waals surface area contributed by atoms with Crippen LogP contribution in [0.25, 0.3) is 0 Å². The van der Waals surface area contributed by atoms with Gasteiger partial charge in [-0.05, 0) is 44.6 Å². The molecule has 0 heterocycles. The van der Waals surface area contributed by atoms with Crippen LogP contribution in [0.5, 0.6) is 0 Å². The summed E-state index contributed by atoms with van der Waals surface area (Å²) in [6, 6.07) is 0. The lowest BCUT2D eigenvalue weighted by Gasteiger charge is -2.03. The van der Waals surface area contributed by atoms with Crippen molar-refractivity contribution >= 4 is 23.1 Å². The third kappa shape index (κ3) is 21.6. The highest BCUT2D eigenvalue weighted by molar-refractivity contribution is 6.36. The van der Waals surface area contributed by atoms with Gasteiger partial charge in [0.05, 0.1) is 0 Å². The van der Waals surface area contributed by atoms with Crippen molar-refractivity contribution in [3.63, 3.8) is 0 Å². The predicted molar refractivity (Wildman–Crippen MR) is 133 cm³/mol. The summed E-state index contributed by atoms with van der Waals surface area (Å²) in [7, 11) is 0. The first-order valence-corrected chi connectivity index (χ1v) is 13.2. The highest BCUT2D eigenvalue weighted by atomic mass is 16.2. The van der Waals surface area contributed by atoms with Crippen molar-refractivity contribution in [2.75, 3.05) is 0 Å². The van der Waals surface area contributed by atoms with Gasteiger partial charge < -0.3 is 0 Å². The van der Waals surface area contributed by atoms with Crippen LogP contribution >= 0.6 is 0 Å². The SMILES string of the molecule is CCCCCCCCCCCCC(=O)CCCCCC(=O)/C=C/CCCCC(=O)C(C)=O. The van der Waals surface area contributed by atoms with Crippen LogP contribution < -0.4 is 0 Å². The summed E-state index contributed by atoms with van der Waals surface area (Å²) < 4.78 is 0. The van der Waals surface area contributed by atoms with Crippen LogP contribution in [0.2, 0.25) is 0 Å². The molecule has 4 nitrogen and oxygen atoms in total. The number of hydrogen-bond acceptors (Lipinski definition) is 4. The van der Waals surface area contributed by atoms with E-state index in [2.05, 4.69) is 6.92 Å². The molecule has 0 atom stereocenters. The van der Waals surface area contributed by atoms with E-state index in [1.807, 2.05) is 6.08 Å². The van der Waals surface area contributed by atoms with Crippen molar-refractivity contribution in [1.29, 1.82) is 0 Å². The molecule has 184 valence electrons. The first-order valence-electron chi connectivity index (χ1n) is 13.2. The fourth-order valence-corrected chi connectivity index (χ4v) is 3.75. The molecule has 0 aliphatic heterocycles. The average Bonchev–Trinajstić information content (AvgIpc) is 2.76. The second kappa shape index (κ2) is 22.6. The summed E-state index contributed by atoms with van der Waals surface area (Å²) >= 11 is 0. The van der Waals surface area contributed by atoms with Gasteiger partial charge >= 0.3 is 0 Å². The maximum absolute atomic E-state index is 12.0. The van der Waals surface area contributed by atoms with Gasteiger partial charge in [-0.25, -0.2) is 0 Å². The van der Waals surface area contributed by atoms with Gasteiger partial charge in [-0.3, -0.25) is 19.2 Å². The number of allylic oxidation sites excluding steroid dienone is 2. The third-order valence-electron chi connectivity index (χ3n) is 5.91. The van der Waals surface area contributed by atoms with Crippen molar-refractivity contribution in [2.45, 2.75) is 142 Å². The van der Waals surface area contributed by atoms with Crippen LogP contribution in [0.1, 0.15) is 142 Å².